The highest BCUT2D eigenvalue weighted by Gasteiger charge is 2.42. The summed E-state index contributed by atoms with van der Waals surface area (Å²) in [4.78, 5) is 28.1. The van der Waals surface area contributed by atoms with Crippen molar-refractivity contribution < 1.29 is 14.8 Å². The van der Waals surface area contributed by atoms with E-state index in [1.54, 1.807) is 4.90 Å². The summed E-state index contributed by atoms with van der Waals surface area (Å²) < 4.78 is 0.523. The summed E-state index contributed by atoms with van der Waals surface area (Å²) in [6.07, 6.45) is 3.24. The van der Waals surface area contributed by atoms with Crippen LogP contribution in [0, 0.1) is 15.5 Å². The fourth-order valence-corrected chi connectivity index (χ4v) is 3.05. The maximum atomic E-state index is 11.6. The molecule has 1 aliphatic rings. The molecule has 2 rings (SSSR count). The molecular formula is C13H16BrN3O4. The third-order valence-corrected chi connectivity index (χ3v) is 4.45. The van der Waals surface area contributed by atoms with Crippen molar-refractivity contribution >= 4 is 33.4 Å². The first-order valence-electron chi connectivity index (χ1n) is 6.68. The molecule has 1 aliphatic heterocycles. The van der Waals surface area contributed by atoms with Gasteiger partial charge in [-0.1, -0.05) is 6.92 Å². The largest absolute Gasteiger partial charge is 0.481 e. The second kappa shape index (κ2) is 5.97. The van der Waals surface area contributed by atoms with Crippen molar-refractivity contribution in [3.63, 3.8) is 0 Å². The Morgan fingerprint density at radius 3 is 2.95 bits per heavy atom. The number of hydrogen-bond acceptors (Lipinski definition) is 5. The van der Waals surface area contributed by atoms with Crippen LogP contribution in [-0.4, -0.2) is 34.1 Å². The number of carboxylic acid groups (broad SMARTS) is 1. The van der Waals surface area contributed by atoms with E-state index >= 15 is 0 Å². The first kappa shape index (κ1) is 15.7. The normalized spacial score (nSPS) is 22.1. The molecule has 0 bridgehead atoms. The monoisotopic (exact) mass is 357 g/mol. The van der Waals surface area contributed by atoms with Crippen molar-refractivity contribution in [1.82, 2.24) is 4.98 Å². The summed E-state index contributed by atoms with van der Waals surface area (Å²) in [5, 5.41) is 20.7. The van der Waals surface area contributed by atoms with Crippen molar-refractivity contribution in [2.75, 3.05) is 18.0 Å². The summed E-state index contributed by atoms with van der Waals surface area (Å²) >= 11 is 3.17. The standard InChI is InChI=1S/C13H16BrN3O4/c1-2-13(12(18)19)4-3-5-16(8-13)11-10(17(20)21)6-9(14)7-15-11/h6-7H,2-5,8H2,1H3,(H,18,19). The van der Waals surface area contributed by atoms with Gasteiger partial charge in [0.15, 0.2) is 0 Å². The number of aromatic nitrogens is 1. The van der Waals surface area contributed by atoms with Crippen molar-refractivity contribution in [1.29, 1.82) is 0 Å². The van der Waals surface area contributed by atoms with Crippen LogP contribution in [-0.2, 0) is 4.79 Å². The highest BCUT2D eigenvalue weighted by molar-refractivity contribution is 9.10. The van der Waals surface area contributed by atoms with Crippen LogP contribution in [0.4, 0.5) is 11.5 Å². The van der Waals surface area contributed by atoms with E-state index in [9.17, 15) is 20.0 Å². The predicted octanol–water partition coefficient (Wildman–Crippen LogP) is 2.83. The van der Waals surface area contributed by atoms with E-state index in [0.29, 0.717) is 30.3 Å². The van der Waals surface area contributed by atoms with Crippen LogP contribution in [0.15, 0.2) is 16.7 Å². The van der Waals surface area contributed by atoms with Gasteiger partial charge in [-0.15, -0.1) is 0 Å². The highest BCUT2D eigenvalue weighted by atomic mass is 79.9. The number of anilines is 1. The summed E-state index contributed by atoms with van der Waals surface area (Å²) in [5.74, 6) is -0.614. The van der Waals surface area contributed by atoms with Gasteiger partial charge >= 0.3 is 11.7 Å². The molecule has 1 aromatic rings. The Hall–Kier alpha value is -1.70. The van der Waals surface area contributed by atoms with Crippen molar-refractivity contribution in [3.05, 3.63) is 26.9 Å². The Kier molecular flexibility index (Phi) is 4.46. The third-order valence-electron chi connectivity index (χ3n) is 4.02. The lowest BCUT2D eigenvalue weighted by Gasteiger charge is -2.39. The Balaban J connectivity index is 2.38. The maximum absolute atomic E-state index is 11.6. The minimum atomic E-state index is -0.860. The Bertz CT molecular complexity index is 581. The topological polar surface area (TPSA) is 96.6 Å². The first-order valence-corrected chi connectivity index (χ1v) is 7.47. The smallest absolute Gasteiger partial charge is 0.312 e. The Labute approximate surface area is 130 Å². The molecule has 21 heavy (non-hydrogen) atoms. The quantitative estimate of drug-likeness (QED) is 0.657. The van der Waals surface area contributed by atoms with E-state index in [1.807, 2.05) is 6.92 Å². The van der Waals surface area contributed by atoms with Crippen LogP contribution in [0.3, 0.4) is 0 Å². The zero-order chi connectivity index (χ0) is 15.6. The number of halogens is 1. The average molecular weight is 358 g/mol. The average Bonchev–Trinajstić information content (AvgIpc) is 2.46. The molecule has 0 aliphatic carbocycles. The molecule has 0 saturated carbocycles. The van der Waals surface area contributed by atoms with Crippen LogP contribution in [0.5, 0.6) is 0 Å². The van der Waals surface area contributed by atoms with E-state index in [2.05, 4.69) is 20.9 Å². The van der Waals surface area contributed by atoms with Gasteiger partial charge < -0.3 is 10.0 Å². The second-order valence-electron chi connectivity index (χ2n) is 5.22. The van der Waals surface area contributed by atoms with Gasteiger partial charge in [0, 0.05) is 29.8 Å². The van der Waals surface area contributed by atoms with Crippen LogP contribution in [0.1, 0.15) is 26.2 Å². The second-order valence-corrected chi connectivity index (χ2v) is 6.13. The predicted molar refractivity (Wildman–Crippen MR) is 80.4 cm³/mol. The van der Waals surface area contributed by atoms with Gasteiger partial charge in [-0.25, -0.2) is 4.98 Å². The molecule has 1 saturated heterocycles. The van der Waals surface area contributed by atoms with E-state index in [1.165, 1.54) is 12.3 Å². The van der Waals surface area contributed by atoms with E-state index in [4.69, 9.17) is 0 Å². The Morgan fingerprint density at radius 1 is 1.67 bits per heavy atom. The molecule has 1 atom stereocenters. The molecule has 1 aromatic heterocycles. The fraction of sp³-hybridized carbons (Fsp3) is 0.538. The number of hydrogen-bond donors (Lipinski definition) is 1. The summed E-state index contributed by atoms with van der Waals surface area (Å²) in [5.41, 5.74) is -0.970. The summed E-state index contributed by atoms with van der Waals surface area (Å²) in [6, 6.07) is 1.39. The SMILES string of the molecule is CCC1(C(=O)O)CCCN(c2ncc(Br)cc2[N+](=O)[O-])C1. The molecule has 1 unspecified atom stereocenters. The molecule has 7 nitrogen and oxygen atoms in total. The van der Waals surface area contributed by atoms with Gasteiger partial charge in [-0.2, -0.15) is 0 Å². The molecule has 8 heteroatoms. The van der Waals surface area contributed by atoms with E-state index < -0.39 is 16.3 Å². The van der Waals surface area contributed by atoms with Crippen LogP contribution < -0.4 is 4.90 Å². The number of nitro groups is 1. The van der Waals surface area contributed by atoms with Crippen LogP contribution >= 0.6 is 15.9 Å². The number of carboxylic acids is 1. The van der Waals surface area contributed by atoms with Gasteiger partial charge in [0.05, 0.1) is 10.3 Å². The van der Waals surface area contributed by atoms with Crippen LogP contribution in [0.25, 0.3) is 0 Å². The van der Waals surface area contributed by atoms with E-state index in [0.717, 1.165) is 0 Å². The molecule has 2 heterocycles. The molecule has 1 N–H and O–H groups in total. The maximum Gasteiger partial charge on any atom is 0.312 e. The van der Waals surface area contributed by atoms with Gasteiger partial charge in [-0.3, -0.25) is 14.9 Å². The number of carbonyl (C=O) groups is 1. The number of aliphatic carboxylic acids is 1. The van der Waals surface area contributed by atoms with Gasteiger partial charge in [0.1, 0.15) is 0 Å². The fourth-order valence-electron chi connectivity index (χ4n) is 2.73. The Morgan fingerprint density at radius 2 is 2.38 bits per heavy atom. The van der Waals surface area contributed by atoms with Crippen molar-refractivity contribution in [2.45, 2.75) is 26.2 Å². The lowest BCUT2D eigenvalue weighted by molar-refractivity contribution is -0.384. The molecule has 0 radical (unpaired) electrons. The summed E-state index contributed by atoms with van der Waals surface area (Å²) in [6.45, 7) is 2.65. The minimum Gasteiger partial charge on any atom is -0.481 e. The number of piperidine rings is 1. The third kappa shape index (κ3) is 2.99. The molecule has 1 fully saturated rings. The van der Waals surface area contributed by atoms with Gasteiger partial charge in [-0.05, 0) is 35.2 Å². The zero-order valence-electron chi connectivity index (χ0n) is 11.6. The molecule has 0 spiro atoms. The lowest BCUT2D eigenvalue weighted by Crippen LogP contribution is -2.48. The number of nitrogens with zero attached hydrogens (tertiary/aromatic N) is 3. The minimum absolute atomic E-state index is 0.110. The first-order chi connectivity index (χ1) is 9.89. The molecular weight excluding hydrogens is 342 g/mol. The van der Waals surface area contributed by atoms with E-state index in [-0.39, 0.29) is 18.1 Å². The van der Waals surface area contributed by atoms with Crippen LogP contribution in [0.2, 0.25) is 0 Å². The summed E-state index contributed by atoms with van der Waals surface area (Å²) in [7, 11) is 0. The molecule has 114 valence electrons. The van der Waals surface area contributed by atoms with Crippen molar-refractivity contribution in [2.24, 2.45) is 5.41 Å². The number of rotatable bonds is 4. The van der Waals surface area contributed by atoms with Crippen molar-refractivity contribution in [3.8, 4) is 0 Å². The number of pyridine rings is 1. The zero-order valence-corrected chi connectivity index (χ0v) is 13.2. The highest BCUT2D eigenvalue weighted by Crippen LogP contribution is 2.38. The van der Waals surface area contributed by atoms with Gasteiger partial charge in [0.2, 0.25) is 5.82 Å². The molecule has 0 amide bonds. The van der Waals surface area contributed by atoms with Gasteiger partial charge in [0.25, 0.3) is 0 Å². The lowest BCUT2D eigenvalue weighted by atomic mass is 9.77. The molecule has 0 aromatic carbocycles.